The number of anilines is 1. The number of imide groups is 2. The molecule has 0 saturated carbocycles. The van der Waals surface area contributed by atoms with Crippen LogP contribution in [-0.4, -0.2) is 17.8 Å². The van der Waals surface area contributed by atoms with Gasteiger partial charge in [-0.15, -0.1) is 0 Å². The first-order valence-corrected chi connectivity index (χ1v) is 13.3. The highest BCUT2D eigenvalue weighted by Gasteiger charge is 2.37. The number of amides is 4. The summed E-state index contributed by atoms with van der Waals surface area (Å²) in [7, 11) is 0. The van der Waals surface area contributed by atoms with Crippen molar-refractivity contribution in [2.75, 3.05) is 4.90 Å². The lowest BCUT2D eigenvalue weighted by Crippen LogP contribution is -2.54. The number of nitrogens with zero attached hydrogens (tertiary/aromatic N) is 1. The van der Waals surface area contributed by atoms with Gasteiger partial charge in [-0.2, -0.15) is 0 Å². The molecule has 200 valence electrons. The number of urea groups is 1. The van der Waals surface area contributed by atoms with E-state index in [0.29, 0.717) is 36.0 Å². The standard InChI is InChI=1S/C32H25BrN2O5/c1-21-6-8-22(9-7-21)19-39-27-16-14-26(15-17-27)35-31(37)28(30(36)34-32(35)38)18-24-4-2-3-5-29(24)40-20-23-10-12-25(33)13-11-23/h2-18H,19-20H2,1H3,(H,34,36,38)/b28-18+. The maximum Gasteiger partial charge on any atom is 0.335 e. The summed E-state index contributed by atoms with van der Waals surface area (Å²) in [5.41, 5.74) is 3.81. The molecule has 8 heteroatoms. The third-order valence-electron chi connectivity index (χ3n) is 6.25. The van der Waals surface area contributed by atoms with Gasteiger partial charge in [-0.3, -0.25) is 14.9 Å². The fraction of sp³-hybridized carbons (Fsp3) is 0.0938. The minimum Gasteiger partial charge on any atom is -0.489 e. The second-order valence-corrected chi connectivity index (χ2v) is 10.1. The van der Waals surface area contributed by atoms with E-state index in [-0.39, 0.29) is 5.57 Å². The van der Waals surface area contributed by atoms with Crippen LogP contribution in [0.5, 0.6) is 11.5 Å². The van der Waals surface area contributed by atoms with Gasteiger partial charge in [0.25, 0.3) is 11.8 Å². The predicted molar refractivity (Wildman–Crippen MR) is 156 cm³/mol. The quantitative estimate of drug-likeness (QED) is 0.183. The van der Waals surface area contributed by atoms with E-state index < -0.39 is 17.8 Å². The van der Waals surface area contributed by atoms with Crippen LogP contribution in [0.2, 0.25) is 0 Å². The first-order chi connectivity index (χ1) is 19.4. The Balaban J connectivity index is 1.32. The lowest BCUT2D eigenvalue weighted by Gasteiger charge is -2.26. The number of para-hydroxylation sites is 1. The number of carbonyl (C=O) groups excluding carboxylic acids is 3. The normalized spacial score (nSPS) is 14.3. The Morgan fingerprint density at radius 1 is 0.775 bits per heavy atom. The maximum atomic E-state index is 13.4. The van der Waals surface area contributed by atoms with Gasteiger partial charge < -0.3 is 9.47 Å². The number of barbiturate groups is 1. The van der Waals surface area contributed by atoms with Crippen LogP contribution in [0.3, 0.4) is 0 Å². The predicted octanol–water partition coefficient (Wildman–Crippen LogP) is 6.58. The second-order valence-electron chi connectivity index (χ2n) is 9.18. The van der Waals surface area contributed by atoms with Crippen molar-refractivity contribution in [2.24, 2.45) is 0 Å². The maximum absolute atomic E-state index is 13.4. The zero-order valence-corrected chi connectivity index (χ0v) is 23.2. The minimum absolute atomic E-state index is 0.181. The molecule has 7 nitrogen and oxygen atoms in total. The zero-order valence-electron chi connectivity index (χ0n) is 21.6. The van der Waals surface area contributed by atoms with Gasteiger partial charge in [0.2, 0.25) is 0 Å². The number of nitrogens with one attached hydrogen (secondary N) is 1. The number of benzene rings is 4. The van der Waals surface area contributed by atoms with Crippen LogP contribution in [0.4, 0.5) is 10.5 Å². The van der Waals surface area contributed by atoms with Crippen molar-refractivity contribution in [3.05, 3.63) is 129 Å². The molecule has 0 unspecified atom stereocenters. The second kappa shape index (κ2) is 12.0. The van der Waals surface area contributed by atoms with Gasteiger partial charge in [0, 0.05) is 10.0 Å². The molecule has 4 aromatic rings. The van der Waals surface area contributed by atoms with Crippen molar-refractivity contribution in [1.29, 1.82) is 0 Å². The number of hydrogen-bond acceptors (Lipinski definition) is 5. The van der Waals surface area contributed by atoms with E-state index in [4.69, 9.17) is 9.47 Å². The van der Waals surface area contributed by atoms with Crippen molar-refractivity contribution in [3.63, 3.8) is 0 Å². The van der Waals surface area contributed by atoms with Crippen LogP contribution in [-0.2, 0) is 22.8 Å². The topological polar surface area (TPSA) is 84.9 Å². The molecule has 0 atom stereocenters. The van der Waals surface area contributed by atoms with Crippen molar-refractivity contribution in [2.45, 2.75) is 20.1 Å². The molecule has 1 heterocycles. The summed E-state index contributed by atoms with van der Waals surface area (Å²) < 4.78 is 12.8. The molecule has 0 aliphatic carbocycles. The monoisotopic (exact) mass is 596 g/mol. The average Bonchev–Trinajstić information content (AvgIpc) is 2.96. The lowest BCUT2D eigenvalue weighted by molar-refractivity contribution is -0.122. The van der Waals surface area contributed by atoms with Crippen molar-refractivity contribution >= 4 is 45.5 Å². The van der Waals surface area contributed by atoms with Crippen LogP contribution < -0.4 is 19.7 Å². The van der Waals surface area contributed by atoms with Crippen molar-refractivity contribution < 1.29 is 23.9 Å². The van der Waals surface area contributed by atoms with E-state index in [1.165, 1.54) is 11.6 Å². The van der Waals surface area contributed by atoms with E-state index in [0.717, 1.165) is 20.5 Å². The third kappa shape index (κ3) is 6.30. The molecule has 5 rings (SSSR count). The Morgan fingerprint density at radius 2 is 1.40 bits per heavy atom. The molecule has 4 aromatic carbocycles. The summed E-state index contributed by atoms with van der Waals surface area (Å²) in [6.07, 6.45) is 1.44. The van der Waals surface area contributed by atoms with E-state index >= 15 is 0 Å². The molecule has 1 N–H and O–H groups in total. The number of halogens is 1. The molecule has 4 amide bonds. The number of hydrogen-bond donors (Lipinski definition) is 1. The SMILES string of the molecule is Cc1ccc(COc2ccc(N3C(=O)NC(=O)/C(=C\c4ccccc4OCc4ccc(Br)cc4)C3=O)cc2)cc1. The van der Waals surface area contributed by atoms with Gasteiger partial charge in [0.1, 0.15) is 30.3 Å². The van der Waals surface area contributed by atoms with Crippen LogP contribution >= 0.6 is 15.9 Å². The summed E-state index contributed by atoms with van der Waals surface area (Å²) in [5.74, 6) is -0.424. The van der Waals surface area contributed by atoms with Crippen LogP contribution in [0.25, 0.3) is 6.08 Å². The van der Waals surface area contributed by atoms with Crippen molar-refractivity contribution in [3.8, 4) is 11.5 Å². The molecular weight excluding hydrogens is 572 g/mol. The highest BCUT2D eigenvalue weighted by molar-refractivity contribution is 9.10. The Hall–Kier alpha value is -4.69. The molecule has 1 aliphatic heterocycles. The molecule has 0 bridgehead atoms. The van der Waals surface area contributed by atoms with Crippen LogP contribution in [0.1, 0.15) is 22.3 Å². The third-order valence-corrected chi connectivity index (χ3v) is 6.78. The van der Waals surface area contributed by atoms with Gasteiger partial charge in [0.05, 0.1) is 5.69 Å². The first-order valence-electron chi connectivity index (χ1n) is 12.5. The van der Waals surface area contributed by atoms with E-state index in [9.17, 15) is 14.4 Å². The fourth-order valence-corrected chi connectivity index (χ4v) is 4.33. The Kier molecular flexibility index (Phi) is 8.07. The summed E-state index contributed by atoms with van der Waals surface area (Å²) in [6.45, 7) is 2.71. The van der Waals surface area contributed by atoms with Crippen LogP contribution in [0, 0.1) is 6.92 Å². The Morgan fingerprint density at radius 3 is 2.10 bits per heavy atom. The van der Waals surface area contributed by atoms with Gasteiger partial charge in [-0.25, -0.2) is 9.69 Å². The zero-order chi connectivity index (χ0) is 28.1. The Labute approximate surface area is 240 Å². The van der Waals surface area contributed by atoms with Crippen LogP contribution in [0.15, 0.2) is 107 Å². The lowest BCUT2D eigenvalue weighted by atomic mass is 10.1. The average molecular weight is 597 g/mol. The summed E-state index contributed by atoms with van der Waals surface area (Å²) in [5, 5.41) is 2.26. The highest BCUT2D eigenvalue weighted by atomic mass is 79.9. The number of ether oxygens (including phenoxy) is 2. The summed E-state index contributed by atoms with van der Waals surface area (Å²) in [6, 6.07) is 28.6. The molecule has 1 aliphatic rings. The van der Waals surface area contributed by atoms with Gasteiger partial charge in [-0.1, -0.05) is 76.1 Å². The van der Waals surface area contributed by atoms with Gasteiger partial charge >= 0.3 is 6.03 Å². The molecule has 0 spiro atoms. The molecule has 1 saturated heterocycles. The molecule has 0 aromatic heterocycles. The van der Waals surface area contributed by atoms with E-state index in [1.54, 1.807) is 48.5 Å². The molecular formula is C32H25BrN2O5. The van der Waals surface area contributed by atoms with Gasteiger partial charge in [0.15, 0.2) is 0 Å². The van der Waals surface area contributed by atoms with E-state index in [2.05, 4.69) is 21.2 Å². The van der Waals surface area contributed by atoms with Crippen molar-refractivity contribution in [1.82, 2.24) is 5.32 Å². The number of rotatable bonds is 8. The number of carbonyl (C=O) groups is 3. The summed E-state index contributed by atoms with van der Waals surface area (Å²) >= 11 is 3.41. The minimum atomic E-state index is -0.819. The number of aryl methyl sites for hydroxylation is 1. The van der Waals surface area contributed by atoms with E-state index in [1.807, 2.05) is 55.5 Å². The summed E-state index contributed by atoms with van der Waals surface area (Å²) in [4.78, 5) is 39.7. The highest BCUT2D eigenvalue weighted by Crippen LogP contribution is 2.27. The van der Waals surface area contributed by atoms with Gasteiger partial charge in [-0.05, 0) is 66.6 Å². The fourth-order valence-electron chi connectivity index (χ4n) is 4.06. The largest absolute Gasteiger partial charge is 0.489 e. The Bertz CT molecular complexity index is 1580. The molecule has 1 fully saturated rings. The first kappa shape index (κ1) is 26.9. The molecule has 0 radical (unpaired) electrons. The smallest absolute Gasteiger partial charge is 0.335 e. The molecule has 40 heavy (non-hydrogen) atoms.